The number of aryl methyl sites for hydroxylation is 1. The molecule has 0 amide bonds. The molecule has 0 saturated carbocycles. The molecule has 0 spiro atoms. The third-order valence-electron chi connectivity index (χ3n) is 7.87. The molecule has 0 aliphatic rings. The van der Waals surface area contributed by atoms with E-state index in [4.69, 9.17) is 37.9 Å². The lowest BCUT2D eigenvalue weighted by Gasteiger charge is -2.11. The third-order valence-corrected chi connectivity index (χ3v) is 7.87. The molecule has 0 aliphatic carbocycles. The van der Waals surface area contributed by atoms with Gasteiger partial charge in [0.25, 0.3) is 0 Å². The molecule has 300 valence electrons. The number of carbonyl (C=O) groups is 6. The maximum absolute atomic E-state index is 12.9. The number of hydrogen-bond donors (Lipinski definition) is 0. The zero-order valence-corrected chi connectivity index (χ0v) is 31.6. The first kappa shape index (κ1) is 42.1. The first-order valence-corrected chi connectivity index (χ1v) is 17.7. The van der Waals surface area contributed by atoms with E-state index >= 15 is 0 Å². The summed E-state index contributed by atoms with van der Waals surface area (Å²) in [5, 5.41) is 0. The minimum Gasteiger partial charge on any atom is -0.490 e. The Hall–Kier alpha value is -8.00. The van der Waals surface area contributed by atoms with Gasteiger partial charge in [0.05, 0.1) is 22.3 Å². The van der Waals surface area contributed by atoms with Crippen molar-refractivity contribution in [3.63, 3.8) is 0 Å². The van der Waals surface area contributed by atoms with Gasteiger partial charge in [-0.05, 0) is 128 Å². The molecular weight excluding hydrogens is 764 g/mol. The Kier molecular flexibility index (Phi) is 14.8. The third kappa shape index (κ3) is 12.8. The molecular formula is C45H36O14. The van der Waals surface area contributed by atoms with Gasteiger partial charge in [-0.2, -0.15) is 0 Å². The second-order valence-electron chi connectivity index (χ2n) is 12.0. The van der Waals surface area contributed by atoms with Crippen molar-refractivity contribution >= 4 is 35.8 Å². The summed E-state index contributed by atoms with van der Waals surface area (Å²) in [6.45, 7) is 8.64. The maximum atomic E-state index is 12.9. The van der Waals surface area contributed by atoms with Gasteiger partial charge in [0.15, 0.2) is 0 Å². The van der Waals surface area contributed by atoms with E-state index < -0.39 is 35.8 Å². The minimum atomic E-state index is -0.672. The van der Waals surface area contributed by atoms with Gasteiger partial charge in [-0.25, -0.2) is 28.8 Å². The first-order chi connectivity index (χ1) is 28.5. The molecule has 0 unspecified atom stereocenters. The highest BCUT2D eigenvalue weighted by atomic mass is 16.6. The molecule has 0 N–H and O–H groups in total. The Balaban J connectivity index is 1.06. The Labute approximate surface area is 338 Å². The molecule has 0 fully saturated rings. The van der Waals surface area contributed by atoms with Crippen molar-refractivity contribution in [3.05, 3.63) is 168 Å². The van der Waals surface area contributed by atoms with E-state index in [-0.39, 0.29) is 71.7 Å². The Morgan fingerprint density at radius 3 is 1.10 bits per heavy atom. The number of rotatable bonds is 18. The van der Waals surface area contributed by atoms with Crippen molar-refractivity contribution < 1.29 is 66.7 Å². The number of carbonyl (C=O) groups excluding carboxylic acids is 6. The van der Waals surface area contributed by atoms with Crippen molar-refractivity contribution in [2.24, 2.45) is 0 Å². The SMILES string of the molecule is C=CC(=O)OCCOc1ccc(C(=O)Oc2ccc(C(=O)Oc3ccc(OC(=O)c4ccc(OC(=O)c5ccc(OCCOC(=O)C=C)cc5)cc4)c(C)c3)cc2)cc1. The average molecular weight is 801 g/mol. The zero-order chi connectivity index (χ0) is 42.1. The Morgan fingerprint density at radius 2 is 0.746 bits per heavy atom. The highest BCUT2D eigenvalue weighted by molar-refractivity contribution is 5.94. The molecule has 14 nitrogen and oxygen atoms in total. The van der Waals surface area contributed by atoms with Crippen LogP contribution in [0.2, 0.25) is 0 Å². The molecule has 59 heavy (non-hydrogen) atoms. The van der Waals surface area contributed by atoms with Crippen LogP contribution in [0.5, 0.6) is 34.5 Å². The molecule has 0 aromatic heterocycles. The summed E-state index contributed by atoms with van der Waals surface area (Å²) in [6.07, 6.45) is 2.11. The highest BCUT2D eigenvalue weighted by Crippen LogP contribution is 2.26. The monoisotopic (exact) mass is 800 g/mol. The molecule has 0 bridgehead atoms. The number of ether oxygens (including phenoxy) is 8. The number of hydrogen-bond acceptors (Lipinski definition) is 14. The summed E-state index contributed by atoms with van der Waals surface area (Å²) in [6, 6.07) is 28.5. The predicted molar refractivity (Wildman–Crippen MR) is 210 cm³/mol. The van der Waals surface area contributed by atoms with Crippen LogP contribution in [0.25, 0.3) is 0 Å². The molecule has 0 aliphatic heterocycles. The molecule has 0 saturated heterocycles. The second kappa shape index (κ2) is 20.8. The largest absolute Gasteiger partial charge is 0.490 e. The Morgan fingerprint density at radius 1 is 0.424 bits per heavy atom. The molecule has 0 heterocycles. The van der Waals surface area contributed by atoms with Crippen LogP contribution < -0.4 is 28.4 Å². The number of esters is 6. The fourth-order valence-electron chi connectivity index (χ4n) is 4.87. The summed E-state index contributed by atoms with van der Waals surface area (Å²) in [4.78, 5) is 73.2. The summed E-state index contributed by atoms with van der Waals surface area (Å²) >= 11 is 0. The van der Waals surface area contributed by atoms with Gasteiger partial charge in [0.2, 0.25) is 0 Å². The van der Waals surface area contributed by atoms with E-state index in [1.165, 1.54) is 91.0 Å². The van der Waals surface area contributed by atoms with Gasteiger partial charge in [0, 0.05) is 12.2 Å². The molecule has 5 rings (SSSR count). The summed E-state index contributed by atoms with van der Waals surface area (Å²) < 4.78 is 42.5. The quantitative estimate of drug-likeness (QED) is 0.0380. The van der Waals surface area contributed by atoms with E-state index in [1.54, 1.807) is 31.2 Å². The molecule has 0 atom stereocenters. The van der Waals surface area contributed by atoms with Crippen LogP contribution in [0.1, 0.15) is 47.0 Å². The van der Waals surface area contributed by atoms with Crippen LogP contribution in [-0.4, -0.2) is 62.2 Å². The lowest BCUT2D eigenvalue weighted by atomic mass is 10.2. The van der Waals surface area contributed by atoms with E-state index in [0.717, 1.165) is 12.2 Å². The van der Waals surface area contributed by atoms with Gasteiger partial charge in [-0.3, -0.25) is 0 Å². The van der Waals surface area contributed by atoms with Crippen molar-refractivity contribution in [2.45, 2.75) is 6.92 Å². The van der Waals surface area contributed by atoms with Gasteiger partial charge >= 0.3 is 35.8 Å². The normalized spacial score (nSPS) is 10.3. The van der Waals surface area contributed by atoms with Crippen LogP contribution in [0.15, 0.2) is 141 Å². The van der Waals surface area contributed by atoms with E-state index in [2.05, 4.69) is 13.2 Å². The predicted octanol–water partition coefficient (Wildman–Crippen LogP) is 7.09. The Bertz CT molecular complexity index is 2310. The highest BCUT2D eigenvalue weighted by Gasteiger charge is 2.16. The lowest BCUT2D eigenvalue weighted by molar-refractivity contribution is -0.139. The van der Waals surface area contributed by atoms with Crippen molar-refractivity contribution in [1.82, 2.24) is 0 Å². The number of benzene rings is 5. The van der Waals surface area contributed by atoms with Crippen LogP contribution in [-0.2, 0) is 19.1 Å². The zero-order valence-electron chi connectivity index (χ0n) is 31.6. The lowest BCUT2D eigenvalue weighted by Crippen LogP contribution is -2.12. The van der Waals surface area contributed by atoms with Gasteiger partial charge in [-0.15, -0.1) is 0 Å². The van der Waals surface area contributed by atoms with E-state index in [1.807, 2.05) is 0 Å². The topological polar surface area (TPSA) is 176 Å². The standard InChI is InChI=1S/C45H36O14/c1-4-40(46)54-26-24-52-34-14-6-30(7-15-34)42(48)56-36-18-10-32(11-19-36)44(50)58-38-22-23-39(29(3)28-38)59-45(51)33-12-20-37(21-13-33)57-43(49)31-8-16-35(17-9-31)53-25-27-55-41(47)5-2/h4-23,28H,1-2,24-27H2,3H3. The molecule has 5 aromatic rings. The molecule has 14 heteroatoms. The molecule has 0 radical (unpaired) electrons. The van der Waals surface area contributed by atoms with Gasteiger partial charge < -0.3 is 37.9 Å². The smallest absolute Gasteiger partial charge is 0.343 e. The van der Waals surface area contributed by atoms with E-state index in [0.29, 0.717) is 17.1 Å². The van der Waals surface area contributed by atoms with Crippen LogP contribution in [0.3, 0.4) is 0 Å². The molecule has 5 aromatic carbocycles. The summed E-state index contributed by atoms with van der Waals surface area (Å²) in [5.74, 6) is -1.94. The fraction of sp³-hybridized carbons (Fsp3) is 0.111. The maximum Gasteiger partial charge on any atom is 0.343 e. The first-order valence-electron chi connectivity index (χ1n) is 17.7. The second-order valence-corrected chi connectivity index (χ2v) is 12.0. The minimum absolute atomic E-state index is 0.0444. The van der Waals surface area contributed by atoms with Gasteiger partial charge in [-0.1, -0.05) is 13.2 Å². The van der Waals surface area contributed by atoms with Crippen LogP contribution >= 0.6 is 0 Å². The van der Waals surface area contributed by atoms with Crippen molar-refractivity contribution in [1.29, 1.82) is 0 Å². The van der Waals surface area contributed by atoms with Crippen molar-refractivity contribution in [2.75, 3.05) is 26.4 Å². The average Bonchev–Trinajstić information content (AvgIpc) is 3.25. The van der Waals surface area contributed by atoms with E-state index in [9.17, 15) is 28.8 Å². The van der Waals surface area contributed by atoms with Crippen LogP contribution in [0, 0.1) is 6.92 Å². The summed E-state index contributed by atoms with van der Waals surface area (Å²) in [5.41, 5.74) is 1.42. The van der Waals surface area contributed by atoms with Crippen molar-refractivity contribution in [3.8, 4) is 34.5 Å². The van der Waals surface area contributed by atoms with Gasteiger partial charge in [0.1, 0.15) is 60.9 Å². The van der Waals surface area contributed by atoms with Crippen LogP contribution in [0.4, 0.5) is 0 Å². The fourth-order valence-corrected chi connectivity index (χ4v) is 4.87. The summed E-state index contributed by atoms with van der Waals surface area (Å²) in [7, 11) is 0.